The smallest absolute Gasteiger partial charge is 0.0587 e. The van der Waals surface area contributed by atoms with Crippen molar-refractivity contribution in [2.75, 3.05) is 6.61 Å². The number of hydrogen-bond donors (Lipinski definition) is 2. The maximum Gasteiger partial charge on any atom is 0.0587 e. The Morgan fingerprint density at radius 1 is 1.45 bits per heavy atom. The van der Waals surface area contributed by atoms with Gasteiger partial charge in [-0.1, -0.05) is 13.8 Å². The van der Waals surface area contributed by atoms with Crippen molar-refractivity contribution >= 4 is 29.6 Å². The molecule has 11 heavy (non-hydrogen) atoms. The van der Waals surface area contributed by atoms with E-state index in [9.17, 15) is 0 Å². The minimum Gasteiger partial charge on any atom is -0.395 e. The molecule has 0 heterocycles. The molecule has 1 aliphatic rings. The second-order valence-corrected chi connectivity index (χ2v) is 3.47. The van der Waals surface area contributed by atoms with Gasteiger partial charge in [-0.2, -0.15) is 0 Å². The number of hydrogen-bond acceptors (Lipinski definition) is 2. The summed E-state index contributed by atoms with van der Waals surface area (Å²) in [6.45, 7) is 4.54. The average molecular weight is 166 g/mol. The van der Waals surface area contributed by atoms with Crippen LogP contribution in [0.3, 0.4) is 0 Å². The van der Waals surface area contributed by atoms with E-state index >= 15 is 0 Å². The van der Waals surface area contributed by atoms with Crippen LogP contribution in [0.2, 0.25) is 0 Å². The molecule has 0 bridgehead atoms. The van der Waals surface area contributed by atoms with Gasteiger partial charge in [-0.25, -0.2) is 0 Å². The average Bonchev–Trinajstić information content (AvgIpc) is 2.64. The van der Waals surface area contributed by atoms with Crippen molar-refractivity contribution in [1.29, 1.82) is 0 Å². The predicted octanol–water partition coefficient (Wildman–Crippen LogP) is 0.374. The van der Waals surface area contributed by atoms with Gasteiger partial charge < -0.3 is 10.4 Å². The van der Waals surface area contributed by atoms with E-state index in [-0.39, 0.29) is 36.2 Å². The molecule has 1 atom stereocenters. The van der Waals surface area contributed by atoms with Crippen molar-refractivity contribution in [3.8, 4) is 0 Å². The molecule has 2 nitrogen and oxygen atoms in total. The Labute approximate surface area is 91.0 Å². The fourth-order valence-corrected chi connectivity index (χ4v) is 1.01. The molecule has 0 spiro atoms. The van der Waals surface area contributed by atoms with Crippen LogP contribution in [0.25, 0.3) is 0 Å². The fraction of sp³-hybridized carbons (Fsp3) is 1.00. The number of aliphatic hydroxyl groups excluding tert-OH is 1. The van der Waals surface area contributed by atoms with Gasteiger partial charge in [-0.3, -0.25) is 0 Å². The van der Waals surface area contributed by atoms with E-state index in [0.717, 1.165) is 0 Å². The van der Waals surface area contributed by atoms with Crippen LogP contribution in [0.15, 0.2) is 0 Å². The SMILES string of the molecule is CC(C)C(CO)NC1CC1.[Na]. The summed E-state index contributed by atoms with van der Waals surface area (Å²) in [6.07, 6.45) is 2.59. The molecule has 0 amide bonds. The molecule has 1 aliphatic carbocycles. The van der Waals surface area contributed by atoms with Gasteiger partial charge in [-0.05, 0) is 18.8 Å². The van der Waals surface area contributed by atoms with E-state index in [1.807, 2.05) is 0 Å². The molecule has 0 aromatic heterocycles. The zero-order chi connectivity index (χ0) is 7.56. The molecule has 0 aromatic rings. The van der Waals surface area contributed by atoms with Crippen LogP contribution < -0.4 is 5.32 Å². The molecular formula is C8H17NNaO. The third kappa shape index (κ3) is 4.48. The molecule has 1 unspecified atom stereocenters. The van der Waals surface area contributed by atoms with Gasteiger partial charge >= 0.3 is 0 Å². The summed E-state index contributed by atoms with van der Waals surface area (Å²) >= 11 is 0. The standard InChI is InChI=1S/C8H17NO.Na/c1-6(2)8(5-10)9-7-3-4-7;/h6-10H,3-5H2,1-2H3;. The topological polar surface area (TPSA) is 32.3 Å². The molecule has 1 radical (unpaired) electrons. The van der Waals surface area contributed by atoms with Gasteiger partial charge in [0.1, 0.15) is 0 Å². The van der Waals surface area contributed by atoms with Crippen molar-refractivity contribution in [3.63, 3.8) is 0 Å². The first-order valence-corrected chi connectivity index (χ1v) is 4.11. The van der Waals surface area contributed by atoms with Gasteiger partial charge in [0, 0.05) is 41.6 Å². The fourth-order valence-electron chi connectivity index (χ4n) is 1.01. The van der Waals surface area contributed by atoms with Crippen molar-refractivity contribution in [2.24, 2.45) is 5.92 Å². The Bertz CT molecular complexity index is 104. The maximum atomic E-state index is 8.91. The summed E-state index contributed by atoms with van der Waals surface area (Å²) in [5.74, 6) is 0.547. The summed E-state index contributed by atoms with van der Waals surface area (Å²) in [5, 5.41) is 12.3. The Kier molecular flexibility index (Phi) is 6.01. The molecule has 0 aliphatic heterocycles. The monoisotopic (exact) mass is 166 g/mol. The predicted molar refractivity (Wildman–Crippen MR) is 47.6 cm³/mol. The molecule has 0 saturated heterocycles. The quantitative estimate of drug-likeness (QED) is 0.592. The first-order chi connectivity index (χ1) is 4.74. The minimum absolute atomic E-state index is 0. The summed E-state index contributed by atoms with van der Waals surface area (Å²) in [4.78, 5) is 0. The molecule has 1 rings (SSSR count). The molecular weight excluding hydrogens is 149 g/mol. The Hall–Kier alpha value is 0.920. The second-order valence-electron chi connectivity index (χ2n) is 3.47. The normalized spacial score (nSPS) is 19.6. The second kappa shape index (κ2) is 5.55. The van der Waals surface area contributed by atoms with Crippen LogP contribution in [0.5, 0.6) is 0 Å². The number of aliphatic hydroxyl groups is 1. The molecule has 61 valence electrons. The van der Waals surface area contributed by atoms with E-state index in [2.05, 4.69) is 19.2 Å². The Balaban J connectivity index is 0.000001000. The Morgan fingerprint density at radius 2 is 2.00 bits per heavy atom. The van der Waals surface area contributed by atoms with E-state index < -0.39 is 0 Å². The minimum atomic E-state index is 0. The van der Waals surface area contributed by atoms with Gasteiger partial charge in [0.05, 0.1) is 6.61 Å². The van der Waals surface area contributed by atoms with Gasteiger partial charge in [0.2, 0.25) is 0 Å². The number of rotatable bonds is 4. The van der Waals surface area contributed by atoms with Gasteiger partial charge in [-0.15, -0.1) is 0 Å². The third-order valence-corrected chi connectivity index (χ3v) is 2.03. The Morgan fingerprint density at radius 3 is 2.27 bits per heavy atom. The van der Waals surface area contributed by atoms with Crippen molar-refractivity contribution in [3.05, 3.63) is 0 Å². The van der Waals surface area contributed by atoms with Crippen molar-refractivity contribution in [2.45, 2.75) is 38.8 Å². The first-order valence-electron chi connectivity index (χ1n) is 4.11. The molecule has 2 N–H and O–H groups in total. The van der Waals surface area contributed by atoms with Crippen molar-refractivity contribution < 1.29 is 5.11 Å². The van der Waals surface area contributed by atoms with Crippen LogP contribution in [0.4, 0.5) is 0 Å². The molecule has 1 saturated carbocycles. The zero-order valence-corrected chi connectivity index (χ0v) is 9.80. The largest absolute Gasteiger partial charge is 0.395 e. The first kappa shape index (κ1) is 11.9. The van der Waals surface area contributed by atoms with E-state index in [1.54, 1.807) is 0 Å². The molecule has 0 aromatic carbocycles. The van der Waals surface area contributed by atoms with Crippen LogP contribution in [0.1, 0.15) is 26.7 Å². The molecule has 1 fully saturated rings. The van der Waals surface area contributed by atoms with Crippen LogP contribution >= 0.6 is 0 Å². The summed E-state index contributed by atoms with van der Waals surface area (Å²) in [7, 11) is 0. The van der Waals surface area contributed by atoms with E-state index in [1.165, 1.54) is 12.8 Å². The summed E-state index contributed by atoms with van der Waals surface area (Å²) in [6, 6.07) is 1.02. The van der Waals surface area contributed by atoms with Crippen LogP contribution in [0, 0.1) is 5.92 Å². The van der Waals surface area contributed by atoms with Crippen LogP contribution in [-0.2, 0) is 0 Å². The molecule has 3 heteroatoms. The summed E-state index contributed by atoms with van der Waals surface area (Å²) < 4.78 is 0. The van der Waals surface area contributed by atoms with Gasteiger partial charge in [0.25, 0.3) is 0 Å². The maximum absolute atomic E-state index is 8.91. The van der Waals surface area contributed by atoms with E-state index in [0.29, 0.717) is 18.0 Å². The van der Waals surface area contributed by atoms with Crippen LogP contribution in [-0.4, -0.2) is 53.4 Å². The summed E-state index contributed by atoms with van der Waals surface area (Å²) in [5.41, 5.74) is 0. The van der Waals surface area contributed by atoms with E-state index in [4.69, 9.17) is 5.11 Å². The van der Waals surface area contributed by atoms with Gasteiger partial charge in [0.15, 0.2) is 0 Å². The zero-order valence-electron chi connectivity index (χ0n) is 7.80. The third-order valence-electron chi connectivity index (χ3n) is 2.03. The van der Waals surface area contributed by atoms with Crippen molar-refractivity contribution in [1.82, 2.24) is 5.32 Å². The number of nitrogens with one attached hydrogen (secondary N) is 1.